The number of halogens is 1. The molecule has 1 amide bonds. The average Bonchev–Trinajstić information content (AvgIpc) is 2.62. The van der Waals surface area contributed by atoms with E-state index in [4.69, 9.17) is 21.1 Å². The minimum atomic E-state index is -0.492. The maximum absolute atomic E-state index is 12.5. The van der Waals surface area contributed by atoms with Crippen LogP contribution in [0.25, 0.3) is 0 Å². The molecule has 0 aromatic heterocycles. The van der Waals surface area contributed by atoms with Gasteiger partial charge in [0.15, 0.2) is 0 Å². The molecule has 0 aliphatic heterocycles. The van der Waals surface area contributed by atoms with Gasteiger partial charge in [0.05, 0.1) is 30.6 Å². The quantitative estimate of drug-likeness (QED) is 0.691. The third kappa shape index (κ3) is 4.74. The summed E-state index contributed by atoms with van der Waals surface area (Å²) < 4.78 is 10.5. The molecule has 0 heterocycles. The van der Waals surface area contributed by atoms with Crippen LogP contribution >= 0.6 is 23.4 Å². The largest absolute Gasteiger partial charge is 0.495 e. The van der Waals surface area contributed by atoms with E-state index in [1.165, 1.54) is 7.11 Å². The number of carbonyl (C=O) groups excluding carboxylic acids is 1. The monoisotopic (exact) mass is 380 g/mol. The van der Waals surface area contributed by atoms with Gasteiger partial charge in [-0.2, -0.15) is 0 Å². The summed E-state index contributed by atoms with van der Waals surface area (Å²) in [4.78, 5) is 13.5. The first-order chi connectivity index (χ1) is 12.0. The summed E-state index contributed by atoms with van der Waals surface area (Å²) in [5.74, 6) is 0.899. The van der Waals surface area contributed by atoms with Crippen molar-refractivity contribution in [3.63, 3.8) is 0 Å². The predicted octanol–water partition coefficient (Wildman–Crippen LogP) is 4.52. The molecule has 5 nitrogen and oxygen atoms in total. The number of benzene rings is 2. The highest BCUT2D eigenvalue weighted by atomic mass is 35.5. The molecule has 0 aliphatic carbocycles. The van der Waals surface area contributed by atoms with Gasteiger partial charge in [-0.1, -0.05) is 23.7 Å². The Balaban J connectivity index is 2.15. The van der Waals surface area contributed by atoms with Crippen LogP contribution in [0.4, 0.5) is 11.4 Å². The van der Waals surface area contributed by atoms with Gasteiger partial charge in [-0.3, -0.25) is 4.79 Å². The van der Waals surface area contributed by atoms with Crippen LogP contribution in [0.5, 0.6) is 11.5 Å². The highest BCUT2D eigenvalue weighted by molar-refractivity contribution is 7.98. The Morgan fingerprint density at radius 1 is 1.12 bits per heavy atom. The van der Waals surface area contributed by atoms with Crippen LogP contribution < -0.4 is 20.1 Å². The second-order valence-electron chi connectivity index (χ2n) is 5.24. The van der Waals surface area contributed by atoms with Crippen molar-refractivity contribution >= 4 is 40.6 Å². The Kier molecular flexibility index (Phi) is 6.84. The maximum atomic E-state index is 12.5. The van der Waals surface area contributed by atoms with Crippen molar-refractivity contribution in [1.82, 2.24) is 0 Å². The molecular formula is C18H21ClN2O3S. The minimum absolute atomic E-state index is 0.157. The zero-order valence-electron chi connectivity index (χ0n) is 14.6. The van der Waals surface area contributed by atoms with Crippen LogP contribution in [0.3, 0.4) is 0 Å². The summed E-state index contributed by atoms with van der Waals surface area (Å²) in [7, 11) is 3.08. The van der Waals surface area contributed by atoms with Gasteiger partial charge >= 0.3 is 0 Å². The van der Waals surface area contributed by atoms with Crippen LogP contribution in [0.1, 0.15) is 6.92 Å². The van der Waals surface area contributed by atoms with E-state index in [2.05, 4.69) is 10.6 Å². The van der Waals surface area contributed by atoms with Crippen LogP contribution in [-0.2, 0) is 4.79 Å². The third-order valence-corrected chi connectivity index (χ3v) is 4.70. The molecule has 0 saturated heterocycles. The Hall–Kier alpha value is -2.05. The first-order valence-electron chi connectivity index (χ1n) is 7.62. The number of carbonyl (C=O) groups is 1. The summed E-state index contributed by atoms with van der Waals surface area (Å²) in [5, 5.41) is 6.50. The van der Waals surface area contributed by atoms with E-state index in [9.17, 15) is 4.79 Å². The normalized spacial score (nSPS) is 11.6. The van der Waals surface area contributed by atoms with Crippen LogP contribution in [0.2, 0.25) is 5.02 Å². The number of methoxy groups -OCH3 is 2. The summed E-state index contributed by atoms with van der Waals surface area (Å²) in [6.07, 6.45) is 1.97. The Morgan fingerprint density at radius 2 is 1.80 bits per heavy atom. The van der Waals surface area contributed by atoms with E-state index in [0.717, 1.165) is 10.6 Å². The molecule has 0 spiro atoms. The van der Waals surface area contributed by atoms with E-state index in [-0.39, 0.29) is 5.91 Å². The number of rotatable bonds is 7. The van der Waals surface area contributed by atoms with Crippen LogP contribution in [-0.4, -0.2) is 32.4 Å². The number of para-hydroxylation sites is 1. The SMILES string of the molecule is COc1cc(OC)c(N[C@H](C)C(=O)Nc2ccccc2SC)cc1Cl. The van der Waals surface area contributed by atoms with Gasteiger partial charge in [-0.25, -0.2) is 0 Å². The van der Waals surface area contributed by atoms with E-state index in [1.807, 2.05) is 30.5 Å². The standard InChI is InChI=1S/C18H21ClN2O3S/c1-11(18(22)21-13-7-5-6-8-17(13)25-4)20-14-9-12(19)15(23-2)10-16(14)24-3/h5-11,20H,1-4H3,(H,21,22)/t11-/m1/s1. The van der Waals surface area contributed by atoms with Crippen molar-refractivity contribution in [2.24, 2.45) is 0 Å². The van der Waals surface area contributed by atoms with Crippen molar-refractivity contribution in [1.29, 1.82) is 0 Å². The Labute approximate surface area is 157 Å². The molecule has 1 atom stereocenters. The predicted molar refractivity (Wildman–Crippen MR) is 104 cm³/mol. The van der Waals surface area contributed by atoms with Gasteiger partial charge < -0.3 is 20.1 Å². The number of ether oxygens (including phenoxy) is 2. The van der Waals surface area contributed by atoms with Gasteiger partial charge in [0.1, 0.15) is 17.5 Å². The zero-order valence-corrected chi connectivity index (χ0v) is 16.1. The van der Waals surface area contributed by atoms with Crippen molar-refractivity contribution in [2.45, 2.75) is 17.9 Å². The smallest absolute Gasteiger partial charge is 0.246 e. The fourth-order valence-corrected chi connectivity index (χ4v) is 3.05. The molecule has 0 aliphatic rings. The molecule has 0 fully saturated rings. The molecule has 0 unspecified atom stereocenters. The highest BCUT2D eigenvalue weighted by Gasteiger charge is 2.17. The van der Waals surface area contributed by atoms with Crippen molar-refractivity contribution < 1.29 is 14.3 Å². The second-order valence-corrected chi connectivity index (χ2v) is 6.50. The maximum Gasteiger partial charge on any atom is 0.246 e. The molecular weight excluding hydrogens is 360 g/mol. The van der Waals surface area contributed by atoms with E-state index in [1.54, 1.807) is 37.9 Å². The van der Waals surface area contributed by atoms with Gasteiger partial charge in [0.2, 0.25) is 5.91 Å². The van der Waals surface area contributed by atoms with E-state index < -0.39 is 6.04 Å². The molecule has 0 radical (unpaired) electrons. The first-order valence-corrected chi connectivity index (χ1v) is 9.22. The molecule has 25 heavy (non-hydrogen) atoms. The number of hydrogen-bond donors (Lipinski definition) is 2. The molecule has 2 aromatic rings. The van der Waals surface area contributed by atoms with Crippen molar-refractivity contribution in [3.8, 4) is 11.5 Å². The molecule has 0 saturated carbocycles. The third-order valence-electron chi connectivity index (χ3n) is 3.60. The first kappa shape index (κ1) is 19.3. The van der Waals surface area contributed by atoms with Crippen LogP contribution in [0.15, 0.2) is 41.3 Å². The average molecular weight is 381 g/mol. The number of amides is 1. The van der Waals surface area contributed by atoms with Crippen molar-refractivity contribution in [2.75, 3.05) is 31.1 Å². The van der Waals surface area contributed by atoms with Crippen LogP contribution in [0, 0.1) is 0 Å². The lowest BCUT2D eigenvalue weighted by Crippen LogP contribution is -2.32. The van der Waals surface area contributed by atoms with E-state index >= 15 is 0 Å². The fraction of sp³-hybridized carbons (Fsp3) is 0.278. The molecule has 2 aromatic carbocycles. The molecule has 2 N–H and O–H groups in total. The number of hydrogen-bond acceptors (Lipinski definition) is 5. The topological polar surface area (TPSA) is 59.6 Å². The molecule has 0 bridgehead atoms. The van der Waals surface area contributed by atoms with Gasteiger partial charge in [-0.15, -0.1) is 11.8 Å². The van der Waals surface area contributed by atoms with Gasteiger partial charge in [-0.05, 0) is 31.4 Å². The fourth-order valence-electron chi connectivity index (χ4n) is 2.26. The summed E-state index contributed by atoms with van der Waals surface area (Å²) >= 11 is 7.75. The number of nitrogens with one attached hydrogen (secondary N) is 2. The second kappa shape index (κ2) is 8.87. The summed E-state index contributed by atoms with van der Waals surface area (Å²) in [6.45, 7) is 1.77. The Bertz CT molecular complexity index is 755. The number of thioether (sulfide) groups is 1. The zero-order chi connectivity index (χ0) is 18.4. The lowest BCUT2D eigenvalue weighted by Gasteiger charge is -2.19. The minimum Gasteiger partial charge on any atom is -0.495 e. The molecule has 7 heteroatoms. The lowest BCUT2D eigenvalue weighted by atomic mass is 10.2. The molecule has 134 valence electrons. The Morgan fingerprint density at radius 3 is 2.44 bits per heavy atom. The van der Waals surface area contributed by atoms with Gasteiger partial charge in [0.25, 0.3) is 0 Å². The molecule has 2 rings (SSSR count). The lowest BCUT2D eigenvalue weighted by molar-refractivity contribution is -0.116. The number of anilines is 2. The van der Waals surface area contributed by atoms with Gasteiger partial charge in [0, 0.05) is 11.0 Å². The summed E-state index contributed by atoms with van der Waals surface area (Å²) in [5.41, 5.74) is 1.41. The highest BCUT2D eigenvalue weighted by Crippen LogP contribution is 2.36. The van der Waals surface area contributed by atoms with E-state index in [0.29, 0.717) is 22.2 Å². The van der Waals surface area contributed by atoms with Crippen molar-refractivity contribution in [3.05, 3.63) is 41.4 Å². The summed E-state index contributed by atoms with van der Waals surface area (Å²) in [6, 6.07) is 10.5.